The van der Waals surface area contributed by atoms with Crippen molar-refractivity contribution < 1.29 is 9.47 Å². The van der Waals surface area contributed by atoms with Crippen molar-refractivity contribution in [1.29, 1.82) is 0 Å². The molecule has 0 unspecified atom stereocenters. The first-order valence-electron chi connectivity index (χ1n) is 5.14. The van der Waals surface area contributed by atoms with Gasteiger partial charge in [0.15, 0.2) is 0 Å². The van der Waals surface area contributed by atoms with Gasteiger partial charge < -0.3 is 15.2 Å². The van der Waals surface area contributed by atoms with Crippen molar-refractivity contribution >= 4 is 0 Å². The van der Waals surface area contributed by atoms with Crippen LogP contribution in [0.4, 0.5) is 0 Å². The molecule has 2 N–H and O–H groups in total. The van der Waals surface area contributed by atoms with Crippen molar-refractivity contribution in [2.45, 2.75) is 32.9 Å². The highest BCUT2D eigenvalue weighted by atomic mass is 16.5. The Labute approximate surface area is 91.2 Å². The number of hydrogen-bond donors (Lipinski definition) is 1. The lowest BCUT2D eigenvalue weighted by molar-refractivity contribution is 0.238. The van der Waals surface area contributed by atoms with Crippen LogP contribution in [0.15, 0.2) is 18.2 Å². The molecule has 0 saturated heterocycles. The topological polar surface area (TPSA) is 44.5 Å². The molecule has 0 aliphatic carbocycles. The predicted molar refractivity (Wildman–Crippen MR) is 61.4 cm³/mol. The second kappa shape index (κ2) is 5.03. The Balaban J connectivity index is 3.05. The summed E-state index contributed by atoms with van der Waals surface area (Å²) in [7, 11) is 1.64. The fourth-order valence-corrected chi connectivity index (χ4v) is 1.37. The second-order valence-electron chi connectivity index (χ2n) is 3.86. The van der Waals surface area contributed by atoms with E-state index in [9.17, 15) is 0 Å². The zero-order valence-electron chi connectivity index (χ0n) is 9.78. The lowest BCUT2D eigenvalue weighted by atomic mass is 10.1. The first kappa shape index (κ1) is 11.9. The Morgan fingerprint density at radius 3 is 2.33 bits per heavy atom. The number of hydrogen-bond acceptors (Lipinski definition) is 3. The molecule has 0 bridgehead atoms. The molecule has 0 aliphatic heterocycles. The van der Waals surface area contributed by atoms with Gasteiger partial charge in [-0.1, -0.05) is 6.07 Å². The molecule has 3 heteroatoms. The van der Waals surface area contributed by atoms with Gasteiger partial charge in [-0.2, -0.15) is 0 Å². The molecule has 0 aliphatic rings. The molecule has 1 atom stereocenters. The SMILES string of the molecule is COc1ccc([C@H](C)N)c(OC(C)C)c1. The summed E-state index contributed by atoms with van der Waals surface area (Å²) < 4.78 is 10.8. The minimum Gasteiger partial charge on any atom is -0.497 e. The summed E-state index contributed by atoms with van der Waals surface area (Å²) in [6.07, 6.45) is 0.134. The summed E-state index contributed by atoms with van der Waals surface area (Å²) in [6, 6.07) is 5.68. The quantitative estimate of drug-likeness (QED) is 0.828. The molecule has 0 radical (unpaired) electrons. The van der Waals surface area contributed by atoms with E-state index in [0.717, 1.165) is 17.1 Å². The summed E-state index contributed by atoms with van der Waals surface area (Å²) in [6.45, 7) is 5.92. The number of benzene rings is 1. The summed E-state index contributed by atoms with van der Waals surface area (Å²) in [4.78, 5) is 0. The number of rotatable bonds is 4. The van der Waals surface area contributed by atoms with Crippen LogP contribution in [0, 0.1) is 0 Å². The van der Waals surface area contributed by atoms with E-state index in [2.05, 4.69) is 0 Å². The molecule has 0 amide bonds. The fraction of sp³-hybridized carbons (Fsp3) is 0.500. The standard InChI is InChI=1S/C12H19NO2/c1-8(2)15-12-7-10(14-4)5-6-11(12)9(3)13/h5-9H,13H2,1-4H3/t9-/m0/s1. The van der Waals surface area contributed by atoms with Crippen molar-refractivity contribution in [3.63, 3.8) is 0 Å². The lowest BCUT2D eigenvalue weighted by Gasteiger charge is -2.17. The fourth-order valence-electron chi connectivity index (χ4n) is 1.37. The molecule has 0 spiro atoms. The Morgan fingerprint density at radius 1 is 1.20 bits per heavy atom. The Hall–Kier alpha value is -1.22. The van der Waals surface area contributed by atoms with Crippen LogP contribution in [-0.2, 0) is 0 Å². The van der Waals surface area contributed by atoms with Crippen molar-refractivity contribution in [1.82, 2.24) is 0 Å². The molecule has 1 rings (SSSR count). The van der Waals surface area contributed by atoms with Crippen LogP contribution in [-0.4, -0.2) is 13.2 Å². The van der Waals surface area contributed by atoms with Gasteiger partial charge in [0.05, 0.1) is 13.2 Å². The van der Waals surface area contributed by atoms with Crippen LogP contribution in [0.3, 0.4) is 0 Å². The van der Waals surface area contributed by atoms with Gasteiger partial charge in [0, 0.05) is 17.7 Å². The van der Waals surface area contributed by atoms with E-state index in [1.165, 1.54) is 0 Å². The zero-order chi connectivity index (χ0) is 11.4. The highest BCUT2D eigenvalue weighted by Crippen LogP contribution is 2.29. The number of nitrogens with two attached hydrogens (primary N) is 1. The average Bonchev–Trinajstić information content (AvgIpc) is 2.16. The van der Waals surface area contributed by atoms with Gasteiger partial charge in [0.1, 0.15) is 11.5 Å². The molecular weight excluding hydrogens is 190 g/mol. The normalized spacial score (nSPS) is 12.7. The molecule has 1 aromatic carbocycles. The molecule has 84 valence electrons. The van der Waals surface area contributed by atoms with Crippen molar-refractivity contribution in [3.8, 4) is 11.5 Å². The van der Waals surface area contributed by atoms with Crippen molar-refractivity contribution in [2.75, 3.05) is 7.11 Å². The minimum atomic E-state index is -0.0374. The van der Waals surface area contributed by atoms with Gasteiger partial charge in [-0.25, -0.2) is 0 Å². The van der Waals surface area contributed by atoms with Crippen LogP contribution in [0.25, 0.3) is 0 Å². The third kappa shape index (κ3) is 3.13. The van der Waals surface area contributed by atoms with Crippen LogP contribution in [0.1, 0.15) is 32.4 Å². The van der Waals surface area contributed by atoms with Crippen LogP contribution < -0.4 is 15.2 Å². The molecule has 0 fully saturated rings. The monoisotopic (exact) mass is 209 g/mol. The Morgan fingerprint density at radius 2 is 1.87 bits per heavy atom. The third-order valence-electron chi connectivity index (χ3n) is 2.07. The summed E-state index contributed by atoms with van der Waals surface area (Å²) in [5.41, 5.74) is 6.87. The van der Waals surface area contributed by atoms with Gasteiger partial charge in [-0.3, -0.25) is 0 Å². The summed E-state index contributed by atoms with van der Waals surface area (Å²) in [5, 5.41) is 0. The largest absolute Gasteiger partial charge is 0.497 e. The third-order valence-corrected chi connectivity index (χ3v) is 2.07. The van der Waals surface area contributed by atoms with E-state index in [1.807, 2.05) is 39.0 Å². The molecule has 0 aromatic heterocycles. The molecule has 15 heavy (non-hydrogen) atoms. The van der Waals surface area contributed by atoms with E-state index in [1.54, 1.807) is 7.11 Å². The molecule has 0 saturated carbocycles. The zero-order valence-corrected chi connectivity index (χ0v) is 9.78. The smallest absolute Gasteiger partial charge is 0.128 e. The maximum atomic E-state index is 5.86. The van der Waals surface area contributed by atoms with E-state index in [4.69, 9.17) is 15.2 Å². The second-order valence-corrected chi connectivity index (χ2v) is 3.86. The lowest BCUT2D eigenvalue weighted by Crippen LogP contribution is -2.12. The number of methoxy groups -OCH3 is 1. The number of ether oxygens (including phenoxy) is 2. The van der Waals surface area contributed by atoms with Crippen molar-refractivity contribution in [2.24, 2.45) is 5.73 Å². The first-order valence-corrected chi connectivity index (χ1v) is 5.14. The van der Waals surface area contributed by atoms with E-state index in [-0.39, 0.29) is 12.1 Å². The first-order chi connectivity index (χ1) is 7.04. The van der Waals surface area contributed by atoms with E-state index >= 15 is 0 Å². The van der Waals surface area contributed by atoms with Gasteiger partial charge in [0.25, 0.3) is 0 Å². The molecule has 1 aromatic rings. The van der Waals surface area contributed by atoms with E-state index in [0.29, 0.717) is 0 Å². The van der Waals surface area contributed by atoms with Crippen LogP contribution in [0.5, 0.6) is 11.5 Å². The Bertz CT molecular complexity index is 321. The summed E-state index contributed by atoms with van der Waals surface area (Å²) in [5.74, 6) is 1.59. The minimum absolute atomic E-state index is 0.0374. The van der Waals surface area contributed by atoms with Gasteiger partial charge >= 0.3 is 0 Å². The van der Waals surface area contributed by atoms with Gasteiger partial charge in [-0.05, 0) is 26.8 Å². The summed E-state index contributed by atoms with van der Waals surface area (Å²) >= 11 is 0. The van der Waals surface area contributed by atoms with Crippen LogP contribution >= 0.6 is 0 Å². The average molecular weight is 209 g/mol. The highest BCUT2D eigenvalue weighted by Gasteiger charge is 2.10. The Kier molecular flexibility index (Phi) is 3.97. The van der Waals surface area contributed by atoms with Crippen molar-refractivity contribution in [3.05, 3.63) is 23.8 Å². The highest BCUT2D eigenvalue weighted by molar-refractivity contribution is 5.42. The predicted octanol–water partition coefficient (Wildman–Crippen LogP) is 2.50. The molecule has 3 nitrogen and oxygen atoms in total. The maximum Gasteiger partial charge on any atom is 0.128 e. The molecule has 0 heterocycles. The van der Waals surface area contributed by atoms with Gasteiger partial charge in [-0.15, -0.1) is 0 Å². The van der Waals surface area contributed by atoms with Gasteiger partial charge in [0.2, 0.25) is 0 Å². The molecular formula is C12H19NO2. The van der Waals surface area contributed by atoms with Crippen LogP contribution in [0.2, 0.25) is 0 Å². The maximum absolute atomic E-state index is 5.86. The van der Waals surface area contributed by atoms with E-state index < -0.39 is 0 Å².